The number of hydrogen-bond acceptors (Lipinski definition) is 8. The maximum absolute atomic E-state index is 14.3. The van der Waals surface area contributed by atoms with Crippen LogP contribution >= 0.6 is 0 Å². The van der Waals surface area contributed by atoms with Crippen molar-refractivity contribution in [3.8, 4) is 5.75 Å². The summed E-state index contributed by atoms with van der Waals surface area (Å²) in [5.41, 5.74) is 1.13. The fourth-order valence-corrected chi connectivity index (χ4v) is 8.87. The van der Waals surface area contributed by atoms with E-state index in [1.54, 1.807) is 7.11 Å². The number of likely N-dealkylation sites (tertiary alicyclic amines) is 1. The monoisotopic (exact) mass is 699 g/mol. The molecule has 2 aliphatic heterocycles. The molecule has 278 valence electrons. The van der Waals surface area contributed by atoms with Gasteiger partial charge in [-0.25, -0.2) is 4.79 Å². The molecular formula is C40H58FNO8. The van der Waals surface area contributed by atoms with Gasteiger partial charge < -0.3 is 23.8 Å². The average molecular weight is 700 g/mol. The standard InChI is InChI=1S/C40H58FNO8/c1-40(2,3)50-36(44)24-31(25-41)27-12-14-29(15-13-27)38(45)42-18-17-32(28-9-6-5-7-10-28)37(42)33(43)22-26-11-16-34-30(21-26)23-35(49-34)39(46)48-20-8-19-47-4/h11,16,21,27-29,31-32,35,37H,5-10,12-15,17-20,22-25H2,1-4H3/t27?,29?,31-,32+,35?,37+/m1/s1. The summed E-state index contributed by atoms with van der Waals surface area (Å²) in [6.45, 7) is 6.23. The summed E-state index contributed by atoms with van der Waals surface area (Å²) in [6.07, 6.45) is 9.82. The molecule has 0 N–H and O–H groups in total. The Balaban J connectivity index is 1.22. The number of carbonyl (C=O) groups excluding carboxylic acids is 4. The summed E-state index contributed by atoms with van der Waals surface area (Å²) < 4.78 is 35.8. The highest BCUT2D eigenvalue weighted by Gasteiger charge is 2.47. The van der Waals surface area contributed by atoms with Gasteiger partial charge in [0.25, 0.3) is 0 Å². The van der Waals surface area contributed by atoms with Crippen LogP contribution in [0.1, 0.15) is 109 Å². The molecule has 0 radical (unpaired) electrons. The van der Waals surface area contributed by atoms with Gasteiger partial charge in [-0.15, -0.1) is 0 Å². The molecule has 0 spiro atoms. The van der Waals surface area contributed by atoms with E-state index in [0.717, 1.165) is 30.4 Å². The molecule has 4 aliphatic rings. The Morgan fingerprint density at radius 3 is 2.40 bits per heavy atom. The van der Waals surface area contributed by atoms with Crippen LogP contribution in [-0.2, 0) is 46.2 Å². The number of hydrogen-bond donors (Lipinski definition) is 0. The van der Waals surface area contributed by atoms with Crippen molar-refractivity contribution in [1.82, 2.24) is 4.90 Å². The van der Waals surface area contributed by atoms with Crippen molar-refractivity contribution in [3.63, 3.8) is 0 Å². The van der Waals surface area contributed by atoms with Crippen LogP contribution in [0.25, 0.3) is 0 Å². The van der Waals surface area contributed by atoms with Crippen molar-refractivity contribution in [1.29, 1.82) is 0 Å². The molecule has 1 aromatic rings. The second-order valence-corrected chi connectivity index (χ2v) is 16.1. The van der Waals surface area contributed by atoms with Crippen molar-refractivity contribution in [2.45, 2.75) is 128 Å². The number of carbonyl (C=O) groups is 4. The lowest BCUT2D eigenvalue weighted by molar-refractivity contribution is -0.157. The highest BCUT2D eigenvalue weighted by molar-refractivity contribution is 5.92. The van der Waals surface area contributed by atoms with E-state index in [2.05, 4.69) is 0 Å². The summed E-state index contributed by atoms with van der Waals surface area (Å²) in [6, 6.07) is 5.23. The average Bonchev–Trinajstić information content (AvgIpc) is 3.73. The molecule has 9 nitrogen and oxygen atoms in total. The number of fused-ring (bicyclic) bond motifs is 1. The molecule has 0 bridgehead atoms. The van der Waals surface area contributed by atoms with Crippen LogP contribution in [0.3, 0.4) is 0 Å². The molecule has 1 amide bonds. The van der Waals surface area contributed by atoms with E-state index >= 15 is 0 Å². The number of methoxy groups -OCH3 is 1. The number of halogens is 1. The van der Waals surface area contributed by atoms with Crippen LogP contribution in [-0.4, -0.2) is 79.8 Å². The Kier molecular flexibility index (Phi) is 13.4. The fourth-order valence-electron chi connectivity index (χ4n) is 8.87. The molecule has 0 aromatic heterocycles. The van der Waals surface area contributed by atoms with E-state index < -0.39 is 36.3 Å². The van der Waals surface area contributed by atoms with Gasteiger partial charge in [0.15, 0.2) is 11.9 Å². The Morgan fingerprint density at radius 2 is 1.72 bits per heavy atom. The van der Waals surface area contributed by atoms with E-state index in [0.29, 0.717) is 63.3 Å². The zero-order chi connectivity index (χ0) is 35.8. The number of ketones is 1. The number of ether oxygens (including phenoxy) is 4. The minimum absolute atomic E-state index is 0.0310. The number of nitrogens with zero attached hydrogens (tertiary/aromatic N) is 1. The van der Waals surface area contributed by atoms with Gasteiger partial charge in [0.2, 0.25) is 5.91 Å². The third-order valence-electron chi connectivity index (χ3n) is 11.3. The molecule has 2 heterocycles. The zero-order valence-corrected chi connectivity index (χ0v) is 30.6. The Bertz CT molecular complexity index is 1330. The first kappa shape index (κ1) is 38.2. The van der Waals surface area contributed by atoms with Gasteiger partial charge in [-0.1, -0.05) is 44.2 Å². The van der Waals surface area contributed by atoms with Gasteiger partial charge >= 0.3 is 11.9 Å². The van der Waals surface area contributed by atoms with Crippen molar-refractivity contribution < 1.29 is 42.5 Å². The van der Waals surface area contributed by atoms with Crippen LogP contribution in [0.15, 0.2) is 18.2 Å². The first-order valence-corrected chi connectivity index (χ1v) is 19.0. The molecule has 50 heavy (non-hydrogen) atoms. The molecule has 5 rings (SSSR count). The minimum atomic E-state index is -0.704. The lowest BCUT2D eigenvalue weighted by Crippen LogP contribution is -2.48. The normalized spacial score (nSPS) is 26.2. The van der Waals surface area contributed by atoms with Crippen LogP contribution in [0.2, 0.25) is 0 Å². The van der Waals surface area contributed by atoms with Gasteiger partial charge in [-0.3, -0.25) is 18.8 Å². The van der Waals surface area contributed by atoms with Gasteiger partial charge in [0.05, 0.1) is 25.7 Å². The molecule has 1 aromatic carbocycles. The van der Waals surface area contributed by atoms with Crippen LogP contribution in [0.4, 0.5) is 4.39 Å². The lowest BCUT2D eigenvalue weighted by Gasteiger charge is -2.37. The number of Topliss-reactive ketones (excluding diaryl/α,β-unsaturated/α-hetero) is 1. The molecule has 2 aliphatic carbocycles. The van der Waals surface area contributed by atoms with Gasteiger partial charge in [0, 0.05) is 51.4 Å². The zero-order valence-electron chi connectivity index (χ0n) is 30.6. The number of esters is 2. The maximum Gasteiger partial charge on any atom is 0.347 e. The van der Waals surface area contributed by atoms with E-state index in [-0.39, 0.29) is 54.9 Å². The summed E-state index contributed by atoms with van der Waals surface area (Å²) in [5, 5.41) is 0. The summed E-state index contributed by atoms with van der Waals surface area (Å²) in [7, 11) is 1.61. The smallest absolute Gasteiger partial charge is 0.347 e. The van der Waals surface area contributed by atoms with Gasteiger partial charge in [-0.05, 0) is 87.8 Å². The number of alkyl halides is 1. The summed E-state index contributed by atoms with van der Waals surface area (Å²) >= 11 is 0. The molecule has 3 fully saturated rings. The topological polar surface area (TPSA) is 108 Å². The van der Waals surface area contributed by atoms with Gasteiger partial charge in [-0.2, -0.15) is 0 Å². The van der Waals surface area contributed by atoms with Crippen molar-refractivity contribution in [2.24, 2.45) is 29.6 Å². The van der Waals surface area contributed by atoms with Crippen LogP contribution in [0.5, 0.6) is 5.75 Å². The SMILES string of the molecule is COCCCOC(=O)C1Cc2cc(CC(=O)[C@@H]3[C@H](C4CCCCC4)CCN3C(=O)C3CCC([C@@H](CF)CC(=O)OC(C)(C)C)CC3)ccc2O1. The van der Waals surface area contributed by atoms with E-state index in [4.69, 9.17) is 18.9 Å². The number of benzene rings is 1. The van der Waals surface area contributed by atoms with Crippen molar-refractivity contribution in [3.05, 3.63) is 29.3 Å². The molecule has 4 atom stereocenters. The van der Waals surface area contributed by atoms with E-state index in [1.807, 2.05) is 43.9 Å². The highest BCUT2D eigenvalue weighted by atomic mass is 19.1. The largest absolute Gasteiger partial charge is 0.478 e. The lowest BCUT2D eigenvalue weighted by atomic mass is 9.74. The molecular weight excluding hydrogens is 641 g/mol. The molecule has 1 unspecified atom stereocenters. The maximum atomic E-state index is 14.3. The molecule has 1 saturated heterocycles. The van der Waals surface area contributed by atoms with E-state index in [1.165, 1.54) is 19.3 Å². The van der Waals surface area contributed by atoms with Crippen molar-refractivity contribution >= 4 is 23.6 Å². The quantitative estimate of drug-likeness (QED) is 0.158. The summed E-state index contributed by atoms with van der Waals surface area (Å²) in [5.74, 6) is 0.00427. The Hall–Kier alpha value is -3.01. The first-order chi connectivity index (χ1) is 24.0. The third-order valence-corrected chi connectivity index (χ3v) is 11.3. The second-order valence-electron chi connectivity index (χ2n) is 16.1. The second kappa shape index (κ2) is 17.5. The third kappa shape index (κ3) is 9.86. The summed E-state index contributed by atoms with van der Waals surface area (Å²) in [4.78, 5) is 55.4. The van der Waals surface area contributed by atoms with Gasteiger partial charge in [0.1, 0.15) is 11.4 Å². The minimum Gasteiger partial charge on any atom is -0.478 e. The fraction of sp³-hybridized carbons (Fsp3) is 0.750. The Morgan fingerprint density at radius 1 is 0.980 bits per heavy atom. The Labute approximate surface area is 297 Å². The number of rotatable bonds is 14. The molecule has 10 heteroatoms. The predicted octanol–water partition coefficient (Wildman–Crippen LogP) is 6.60. The van der Waals surface area contributed by atoms with E-state index in [9.17, 15) is 23.6 Å². The van der Waals surface area contributed by atoms with Crippen LogP contribution in [0, 0.1) is 29.6 Å². The predicted molar refractivity (Wildman–Crippen MR) is 186 cm³/mol. The number of amides is 1. The first-order valence-electron chi connectivity index (χ1n) is 19.0. The van der Waals surface area contributed by atoms with Crippen LogP contribution < -0.4 is 4.74 Å². The van der Waals surface area contributed by atoms with Crippen molar-refractivity contribution in [2.75, 3.05) is 33.5 Å². The molecule has 2 saturated carbocycles. The highest BCUT2D eigenvalue weighted by Crippen LogP contribution is 2.42.